The molecule has 0 aromatic heterocycles. The second kappa shape index (κ2) is 6.76. The van der Waals surface area contributed by atoms with Crippen LogP contribution < -0.4 is 4.74 Å². The zero-order chi connectivity index (χ0) is 17.3. The molecule has 3 rings (SSSR count). The van der Waals surface area contributed by atoms with Gasteiger partial charge in [0.05, 0.1) is 26.0 Å². The highest BCUT2D eigenvalue weighted by atomic mass is 32.2. The maximum absolute atomic E-state index is 10.6. The maximum Gasteiger partial charge on any atom is 0.137 e. The van der Waals surface area contributed by atoms with E-state index in [-0.39, 0.29) is 6.61 Å². The number of nitrogens with zero attached hydrogens (tertiary/aromatic N) is 1. The Bertz CT molecular complexity index is 727. The third kappa shape index (κ3) is 3.75. The molecule has 0 saturated heterocycles. The third-order valence-electron chi connectivity index (χ3n) is 3.92. The summed E-state index contributed by atoms with van der Waals surface area (Å²) < 4.78 is 6.56. The second-order valence-electron chi connectivity index (χ2n) is 7.15. The van der Waals surface area contributed by atoms with Crippen molar-refractivity contribution in [1.29, 1.82) is 0 Å². The van der Waals surface area contributed by atoms with Crippen molar-refractivity contribution in [1.82, 2.24) is 0 Å². The van der Waals surface area contributed by atoms with Crippen LogP contribution in [0.25, 0.3) is 0 Å². The zero-order valence-electron chi connectivity index (χ0n) is 14.3. The Labute approximate surface area is 147 Å². The monoisotopic (exact) mass is 346 g/mol. The summed E-state index contributed by atoms with van der Waals surface area (Å²) in [4.78, 5) is 1.97. The van der Waals surface area contributed by atoms with Gasteiger partial charge in [-0.2, -0.15) is 0 Å². The summed E-state index contributed by atoms with van der Waals surface area (Å²) in [7, 11) is 6.12. The van der Waals surface area contributed by atoms with Gasteiger partial charge in [-0.05, 0) is 17.7 Å². The topological polar surface area (TPSA) is 49.7 Å². The first-order valence-electron chi connectivity index (χ1n) is 8.04. The Balaban J connectivity index is 1.80. The first-order valence-corrected chi connectivity index (χ1v) is 8.86. The average molecular weight is 346 g/mol. The van der Waals surface area contributed by atoms with Crippen molar-refractivity contribution in [2.24, 2.45) is 0 Å². The Morgan fingerprint density at radius 2 is 1.79 bits per heavy atom. The molecule has 2 aromatic carbocycles. The summed E-state index contributed by atoms with van der Waals surface area (Å²) in [6.07, 6.45) is -1.18. The molecule has 0 fully saturated rings. The van der Waals surface area contributed by atoms with Crippen molar-refractivity contribution in [2.75, 3.05) is 34.3 Å². The summed E-state index contributed by atoms with van der Waals surface area (Å²) in [5, 5.41) is 20.8. The van der Waals surface area contributed by atoms with E-state index in [9.17, 15) is 10.2 Å². The fraction of sp³-hybridized carbons (Fsp3) is 0.368. The molecule has 1 heterocycles. The van der Waals surface area contributed by atoms with E-state index >= 15 is 0 Å². The van der Waals surface area contributed by atoms with Crippen LogP contribution in [0, 0.1) is 0 Å². The lowest BCUT2D eigenvalue weighted by atomic mass is 10.0. The van der Waals surface area contributed by atoms with Gasteiger partial charge in [0.1, 0.15) is 31.1 Å². The van der Waals surface area contributed by atoms with Crippen LogP contribution in [-0.2, 0) is 0 Å². The molecule has 1 aliphatic rings. The SMILES string of the molecule is C[N+](C)(C)CC(O)COc1cccc2c1Sc1ccccc1C2O. The van der Waals surface area contributed by atoms with Gasteiger partial charge in [0.25, 0.3) is 0 Å². The van der Waals surface area contributed by atoms with Crippen molar-refractivity contribution in [3.63, 3.8) is 0 Å². The predicted molar refractivity (Wildman–Crippen MR) is 95.5 cm³/mol. The number of hydrogen-bond donors (Lipinski definition) is 2. The maximum atomic E-state index is 10.6. The highest BCUT2D eigenvalue weighted by molar-refractivity contribution is 7.99. The predicted octanol–water partition coefficient (Wildman–Crippen LogP) is 2.68. The van der Waals surface area contributed by atoms with Gasteiger partial charge >= 0.3 is 0 Å². The molecule has 0 saturated carbocycles. The molecule has 0 spiro atoms. The Morgan fingerprint density at radius 3 is 2.54 bits per heavy atom. The van der Waals surface area contributed by atoms with Crippen molar-refractivity contribution in [3.05, 3.63) is 53.6 Å². The summed E-state index contributed by atoms with van der Waals surface area (Å²) in [5.74, 6) is 0.714. The molecule has 2 atom stereocenters. The quantitative estimate of drug-likeness (QED) is 0.818. The molecule has 2 unspecified atom stereocenters. The standard InChI is InChI=1S/C19H24NO3S/c1-20(2,3)11-13(21)12-23-16-9-6-8-15-18(22)14-7-4-5-10-17(14)24-19(15)16/h4-10,13,18,21-22H,11-12H2,1-3H3/q+1. The number of rotatable bonds is 5. The van der Waals surface area contributed by atoms with Gasteiger partial charge in [0.15, 0.2) is 0 Å². The Morgan fingerprint density at radius 1 is 1.08 bits per heavy atom. The molecule has 2 N–H and O–H groups in total. The highest BCUT2D eigenvalue weighted by Gasteiger charge is 2.27. The number of likely N-dealkylation sites (N-methyl/N-ethyl adjacent to an activating group) is 1. The fourth-order valence-electron chi connectivity index (χ4n) is 2.92. The third-order valence-corrected chi connectivity index (χ3v) is 5.15. The van der Waals surface area contributed by atoms with Crippen LogP contribution in [0.2, 0.25) is 0 Å². The fourth-order valence-corrected chi connectivity index (χ4v) is 4.11. The number of benzene rings is 2. The number of aliphatic hydroxyl groups excluding tert-OH is 2. The molecule has 0 radical (unpaired) electrons. The molecule has 0 amide bonds. The number of quaternary nitrogens is 1. The number of hydrogen-bond acceptors (Lipinski definition) is 4. The van der Waals surface area contributed by atoms with E-state index in [1.165, 1.54) is 0 Å². The first kappa shape index (κ1) is 17.3. The van der Waals surface area contributed by atoms with Gasteiger partial charge in [0.2, 0.25) is 0 Å². The van der Waals surface area contributed by atoms with Crippen LogP contribution >= 0.6 is 11.8 Å². The minimum Gasteiger partial charge on any atom is -0.489 e. The van der Waals surface area contributed by atoms with Crippen LogP contribution in [0.4, 0.5) is 0 Å². The number of ether oxygens (including phenoxy) is 1. The molecular weight excluding hydrogens is 322 g/mol. The average Bonchev–Trinajstić information content (AvgIpc) is 2.52. The van der Waals surface area contributed by atoms with E-state index in [1.807, 2.05) is 63.6 Å². The summed E-state index contributed by atoms with van der Waals surface area (Å²) >= 11 is 1.61. The highest BCUT2D eigenvalue weighted by Crippen LogP contribution is 2.48. The summed E-state index contributed by atoms with van der Waals surface area (Å²) in [5.41, 5.74) is 1.79. The van der Waals surface area contributed by atoms with Gasteiger partial charge in [-0.15, -0.1) is 0 Å². The second-order valence-corrected chi connectivity index (χ2v) is 8.21. The van der Waals surface area contributed by atoms with Gasteiger partial charge in [-0.1, -0.05) is 42.1 Å². The lowest BCUT2D eigenvalue weighted by Gasteiger charge is -2.28. The molecule has 2 aromatic rings. The van der Waals surface area contributed by atoms with Crippen LogP contribution in [-0.4, -0.2) is 55.1 Å². The van der Waals surface area contributed by atoms with Crippen LogP contribution in [0.1, 0.15) is 17.2 Å². The van der Waals surface area contributed by atoms with Gasteiger partial charge in [0, 0.05) is 10.5 Å². The molecule has 4 nitrogen and oxygen atoms in total. The molecule has 0 bridgehead atoms. The molecule has 128 valence electrons. The molecule has 24 heavy (non-hydrogen) atoms. The van der Waals surface area contributed by atoms with Crippen molar-refractivity contribution < 1.29 is 19.4 Å². The smallest absolute Gasteiger partial charge is 0.137 e. The molecular formula is C19H24NO3S+. The lowest BCUT2D eigenvalue weighted by molar-refractivity contribution is -0.873. The van der Waals surface area contributed by atoms with Crippen molar-refractivity contribution >= 4 is 11.8 Å². The normalized spacial score (nSPS) is 17.8. The molecule has 0 aliphatic carbocycles. The first-order chi connectivity index (χ1) is 11.3. The van der Waals surface area contributed by atoms with Gasteiger partial charge < -0.3 is 19.4 Å². The number of fused-ring (bicyclic) bond motifs is 2. The zero-order valence-corrected chi connectivity index (χ0v) is 15.1. The van der Waals surface area contributed by atoms with E-state index in [0.717, 1.165) is 20.9 Å². The lowest BCUT2D eigenvalue weighted by Crippen LogP contribution is -2.43. The van der Waals surface area contributed by atoms with E-state index in [1.54, 1.807) is 11.8 Å². The van der Waals surface area contributed by atoms with E-state index < -0.39 is 12.2 Å². The Kier molecular flexibility index (Phi) is 4.88. The van der Waals surface area contributed by atoms with Crippen molar-refractivity contribution in [3.8, 4) is 5.75 Å². The Hall–Kier alpha value is -1.53. The van der Waals surface area contributed by atoms with E-state index in [0.29, 0.717) is 16.8 Å². The van der Waals surface area contributed by atoms with E-state index in [4.69, 9.17) is 4.74 Å². The minimum absolute atomic E-state index is 0.240. The van der Waals surface area contributed by atoms with Gasteiger partial charge in [-0.25, -0.2) is 0 Å². The van der Waals surface area contributed by atoms with Crippen LogP contribution in [0.3, 0.4) is 0 Å². The van der Waals surface area contributed by atoms with Gasteiger partial charge in [-0.3, -0.25) is 0 Å². The number of aliphatic hydroxyl groups is 2. The largest absolute Gasteiger partial charge is 0.489 e. The minimum atomic E-state index is -0.642. The molecule has 1 aliphatic heterocycles. The van der Waals surface area contributed by atoms with Crippen LogP contribution in [0.5, 0.6) is 5.75 Å². The van der Waals surface area contributed by atoms with E-state index in [2.05, 4.69) is 0 Å². The van der Waals surface area contributed by atoms with Crippen LogP contribution in [0.15, 0.2) is 52.3 Å². The summed E-state index contributed by atoms with van der Waals surface area (Å²) in [6.45, 7) is 0.859. The van der Waals surface area contributed by atoms with Crippen molar-refractivity contribution in [2.45, 2.75) is 22.0 Å². The summed E-state index contributed by atoms with van der Waals surface area (Å²) in [6, 6.07) is 13.6. The molecule has 5 heteroatoms.